The number of hydrogen-bond donors (Lipinski definition) is 7. The molecule has 0 aliphatic heterocycles. The van der Waals surface area contributed by atoms with Crippen molar-refractivity contribution in [3.8, 4) is 17.0 Å². The number of carbonyl (C=O) groups is 3. The fourth-order valence-electron chi connectivity index (χ4n) is 3.80. The molecule has 0 saturated heterocycles. The molecule has 1 aromatic heterocycles. The van der Waals surface area contributed by atoms with Gasteiger partial charge >= 0.3 is 24.3 Å². The molecule has 0 unspecified atom stereocenters. The van der Waals surface area contributed by atoms with Crippen molar-refractivity contribution in [2.75, 3.05) is 17.7 Å². The second kappa shape index (κ2) is 17.7. The van der Waals surface area contributed by atoms with E-state index in [-0.39, 0.29) is 36.7 Å². The number of nitrogen functional groups attached to an aromatic ring is 2. The lowest BCUT2D eigenvalue weighted by molar-refractivity contribution is -0.193. The van der Waals surface area contributed by atoms with E-state index >= 15 is 0 Å². The highest BCUT2D eigenvalue weighted by molar-refractivity contribution is 5.94. The van der Waals surface area contributed by atoms with Crippen molar-refractivity contribution in [2.24, 2.45) is 11.7 Å². The van der Waals surface area contributed by atoms with E-state index in [4.69, 9.17) is 41.4 Å². The molecule has 1 aliphatic rings. The zero-order valence-corrected chi connectivity index (χ0v) is 27.1. The highest BCUT2D eigenvalue weighted by atomic mass is 19.4. The second-order valence-electron chi connectivity index (χ2n) is 11.2. The average molecular weight is 732 g/mol. The average Bonchev–Trinajstić information content (AvgIpc) is 3.85. The van der Waals surface area contributed by atoms with Crippen LogP contribution in [0, 0.1) is 11.3 Å². The largest absolute Gasteiger partial charge is 0.493 e. The van der Waals surface area contributed by atoms with E-state index in [0.717, 1.165) is 5.56 Å². The van der Waals surface area contributed by atoms with Gasteiger partial charge in [-0.15, -0.1) is 0 Å². The Hall–Kier alpha value is -5.82. The predicted octanol–water partition coefficient (Wildman–Crippen LogP) is 3.97. The van der Waals surface area contributed by atoms with Crippen LogP contribution >= 0.6 is 0 Å². The lowest BCUT2D eigenvalue weighted by Gasteiger charge is -2.17. The molecule has 1 heterocycles. The van der Waals surface area contributed by atoms with Gasteiger partial charge in [-0.1, -0.05) is 24.3 Å². The topological polar surface area (TPSA) is 236 Å². The molecule has 1 fully saturated rings. The summed E-state index contributed by atoms with van der Waals surface area (Å²) in [7, 11) is 0. The highest BCUT2D eigenvalue weighted by Crippen LogP contribution is 2.32. The van der Waals surface area contributed by atoms with Crippen molar-refractivity contribution in [2.45, 2.75) is 58.2 Å². The van der Waals surface area contributed by atoms with Gasteiger partial charge in [-0.25, -0.2) is 14.6 Å². The Kier molecular flexibility index (Phi) is 14.4. The lowest BCUT2D eigenvalue weighted by Crippen LogP contribution is -2.35. The molecule has 9 N–H and O–H groups in total. The predicted molar refractivity (Wildman–Crippen MR) is 172 cm³/mol. The number of anilines is 2. The van der Waals surface area contributed by atoms with Gasteiger partial charge in [-0.05, 0) is 50.3 Å². The molecule has 1 aliphatic carbocycles. The summed E-state index contributed by atoms with van der Waals surface area (Å²) in [5.74, 6) is -4.51. The maximum absolute atomic E-state index is 13.4. The summed E-state index contributed by atoms with van der Waals surface area (Å²) in [5, 5.41) is 27.6. The minimum Gasteiger partial charge on any atom is -0.493 e. The van der Waals surface area contributed by atoms with E-state index in [1.165, 1.54) is 17.4 Å². The number of nitrogens with two attached hydrogens (primary N) is 2. The number of ether oxygens (including phenoxy) is 1. The van der Waals surface area contributed by atoms with Crippen molar-refractivity contribution in [3.63, 3.8) is 0 Å². The Bertz CT molecular complexity index is 1730. The van der Waals surface area contributed by atoms with Crippen molar-refractivity contribution in [1.29, 1.82) is 5.41 Å². The van der Waals surface area contributed by atoms with Crippen LogP contribution in [-0.4, -0.2) is 68.4 Å². The number of carboxylic acids is 2. The summed E-state index contributed by atoms with van der Waals surface area (Å²) in [4.78, 5) is 48.4. The van der Waals surface area contributed by atoms with Crippen LogP contribution in [0.5, 0.6) is 5.75 Å². The van der Waals surface area contributed by atoms with Gasteiger partial charge in [-0.3, -0.25) is 19.6 Å². The van der Waals surface area contributed by atoms with Crippen molar-refractivity contribution < 1.29 is 55.7 Å². The molecule has 0 radical (unpaired) electrons. The first-order valence-electron chi connectivity index (χ1n) is 14.8. The van der Waals surface area contributed by atoms with Crippen molar-refractivity contribution >= 4 is 35.2 Å². The normalized spacial score (nSPS) is 12.4. The third-order valence-corrected chi connectivity index (χ3v) is 6.43. The summed E-state index contributed by atoms with van der Waals surface area (Å²) in [5.41, 5.74) is 14.3. The maximum atomic E-state index is 13.4. The van der Waals surface area contributed by atoms with Crippen LogP contribution < -0.4 is 32.4 Å². The Morgan fingerprint density at radius 1 is 1.02 bits per heavy atom. The van der Waals surface area contributed by atoms with Crippen molar-refractivity contribution in [3.05, 3.63) is 70.1 Å². The van der Waals surface area contributed by atoms with Crippen molar-refractivity contribution in [1.82, 2.24) is 14.9 Å². The molecule has 3 aromatic rings. The number of benzene rings is 2. The molecule has 0 bridgehead atoms. The number of aromatic nitrogens is 2. The van der Waals surface area contributed by atoms with Gasteiger partial charge in [0.1, 0.15) is 18.1 Å². The number of carbonyl (C=O) groups excluding carboxylic acids is 1. The molecule has 4 rings (SSSR count). The SMILES string of the molecule is CC(C)Nc1ncc(-c2cc(N)cc(OCC3CC3)c2)n(CC(=O)NCc2ccc(C(=N)N)cc2)c1=O.O=C(O)C(F)(F)F.O=C(O)C(F)(F)F. The minimum atomic E-state index is -5.08. The van der Waals surface area contributed by atoms with Gasteiger partial charge in [0.15, 0.2) is 5.82 Å². The first kappa shape index (κ1) is 41.4. The van der Waals surface area contributed by atoms with Crippen LogP contribution in [-0.2, 0) is 27.5 Å². The van der Waals surface area contributed by atoms with Gasteiger partial charge in [0.25, 0.3) is 5.56 Å². The summed E-state index contributed by atoms with van der Waals surface area (Å²) in [6.07, 6.45) is -6.27. The molecule has 1 amide bonds. The zero-order chi connectivity index (χ0) is 38.7. The Morgan fingerprint density at radius 2 is 1.57 bits per heavy atom. The molecule has 278 valence electrons. The van der Waals surface area contributed by atoms with Gasteiger partial charge in [-0.2, -0.15) is 26.3 Å². The highest BCUT2D eigenvalue weighted by Gasteiger charge is 2.39. The molecule has 2 aromatic carbocycles. The molecular weight excluding hydrogens is 696 g/mol. The summed E-state index contributed by atoms with van der Waals surface area (Å²) >= 11 is 0. The standard InChI is InChI=1S/C27H33N7O3.2C2HF3O2/c1-16(2)33-26-27(36)34(14-24(35)31-12-17-5-7-19(8-6-17)25(29)30)23(13-32-26)20-9-21(28)11-22(10-20)37-15-18-3-4-18;2*3-2(4,5)1(6)7/h5-11,13,16,18H,3-4,12,14-15,28H2,1-2H3,(H3,29,30)(H,31,35)(H,32,33);2*(H,6,7). The second-order valence-corrected chi connectivity index (χ2v) is 11.2. The van der Waals surface area contributed by atoms with E-state index in [9.17, 15) is 35.9 Å². The van der Waals surface area contributed by atoms with Crippen LogP contribution in [0.1, 0.15) is 37.8 Å². The van der Waals surface area contributed by atoms with Crippen LogP contribution in [0.25, 0.3) is 11.3 Å². The van der Waals surface area contributed by atoms with Crippen LogP contribution in [0.2, 0.25) is 0 Å². The minimum absolute atomic E-state index is 0.0129. The van der Waals surface area contributed by atoms with Gasteiger partial charge in [0.2, 0.25) is 5.91 Å². The molecule has 51 heavy (non-hydrogen) atoms. The maximum Gasteiger partial charge on any atom is 0.490 e. The fraction of sp³-hybridized carbons (Fsp3) is 0.355. The zero-order valence-electron chi connectivity index (χ0n) is 27.1. The molecule has 14 nitrogen and oxygen atoms in total. The molecule has 0 atom stereocenters. The number of amidine groups is 1. The van der Waals surface area contributed by atoms with E-state index in [1.54, 1.807) is 42.6 Å². The monoisotopic (exact) mass is 731 g/mol. The third kappa shape index (κ3) is 14.3. The Morgan fingerprint density at radius 3 is 2.04 bits per heavy atom. The first-order valence-corrected chi connectivity index (χ1v) is 14.8. The van der Waals surface area contributed by atoms with E-state index < -0.39 is 29.9 Å². The summed E-state index contributed by atoms with van der Waals surface area (Å²) in [6, 6.07) is 12.3. The summed E-state index contributed by atoms with van der Waals surface area (Å²) in [6.45, 7) is 4.50. The smallest absolute Gasteiger partial charge is 0.490 e. The number of halogens is 6. The lowest BCUT2D eigenvalue weighted by atomic mass is 10.1. The van der Waals surface area contributed by atoms with E-state index in [0.29, 0.717) is 40.8 Å². The Labute approximate surface area is 285 Å². The molecule has 0 spiro atoms. The van der Waals surface area contributed by atoms with Gasteiger partial charge in [0, 0.05) is 35.5 Å². The number of aliphatic carboxylic acids is 2. The number of amides is 1. The third-order valence-electron chi connectivity index (χ3n) is 6.43. The molecule has 1 saturated carbocycles. The van der Waals surface area contributed by atoms with Crippen LogP contribution in [0.4, 0.5) is 37.8 Å². The van der Waals surface area contributed by atoms with Crippen LogP contribution in [0.15, 0.2) is 53.5 Å². The number of carboxylic acid groups (broad SMARTS) is 2. The number of rotatable bonds is 11. The van der Waals surface area contributed by atoms with Crippen LogP contribution in [0.3, 0.4) is 0 Å². The molecular formula is C31H35F6N7O7. The summed E-state index contributed by atoms with van der Waals surface area (Å²) < 4.78 is 70.8. The number of nitrogens with one attached hydrogen (secondary N) is 3. The van der Waals surface area contributed by atoms with Gasteiger partial charge < -0.3 is 37.1 Å². The first-order chi connectivity index (χ1) is 23.6. The quantitative estimate of drug-likeness (QED) is 0.0645. The van der Waals surface area contributed by atoms with Gasteiger partial charge in [0.05, 0.1) is 18.5 Å². The number of hydrogen-bond acceptors (Lipinski definition) is 9. The fourth-order valence-corrected chi connectivity index (χ4v) is 3.80. The number of nitrogens with zero attached hydrogens (tertiary/aromatic N) is 2. The van der Waals surface area contributed by atoms with E-state index in [2.05, 4.69) is 15.6 Å². The van der Waals surface area contributed by atoms with E-state index in [1.807, 2.05) is 19.9 Å². The number of alkyl halides is 6. The Balaban J connectivity index is 0.000000543. The molecule has 20 heteroatoms.